The molecule has 0 aliphatic carbocycles. The van der Waals surface area contributed by atoms with E-state index in [0.29, 0.717) is 25.2 Å². The van der Waals surface area contributed by atoms with Gasteiger partial charge in [-0.15, -0.1) is 0 Å². The first-order valence-corrected chi connectivity index (χ1v) is 10.5. The molecule has 4 rings (SSSR count). The van der Waals surface area contributed by atoms with Crippen molar-refractivity contribution in [2.24, 2.45) is 0 Å². The number of pyridine rings is 1. The van der Waals surface area contributed by atoms with Gasteiger partial charge in [0, 0.05) is 38.8 Å². The summed E-state index contributed by atoms with van der Waals surface area (Å²) in [5.74, 6) is -1.04. The summed E-state index contributed by atoms with van der Waals surface area (Å²) in [4.78, 5) is 21.1. The molecule has 2 fully saturated rings. The van der Waals surface area contributed by atoms with Crippen molar-refractivity contribution >= 4 is 5.91 Å². The Balaban J connectivity index is 1.37. The summed E-state index contributed by atoms with van der Waals surface area (Å²) in [5.41, 5.74) is 0.185. The third-order valence-electron chi connectivity index (χ3n) is 6.07. The lowest BCUT2D eigenvalue weighted by molar-refractivity contribution is -0.161. The average molecular weight is 415 g/mol. The predicted molar refractivity (Wildman–Crippen MR) is 109 cm³/mol. The standard InChI is InChI=1S/C23H27F2N3O2/c1-17-15-28(22(29)18-5-2-3-6-19(18)24)16-23(30-17)9-13-27(14-10-23)12-8-21-20(25)7-4-11-26-21/h2-7,11,17H,8-10,12-16H2,1H3/t17-/m0/s1. The molecule has 1 aromatic heterocycles. The third-order valence-corrected chi connectivity index (χ3v) is 6.07. The number of halogens is 2. The summed E-state index contributed by atoms with van der Waals surface area (Å²) in [7, 11) is 0. The molecule has 1 aromatic carbocycles. The third kappa shape index (κ3) is 4.52. The first kappa shape index (κ1) is 20.9. The number of rotatable bonds is 4. The maximum absolute atomic E-state index is 14.1. The van der Waals surface area contributed by atoms with Crippen molar-refractivity contribution in [1.29, 1.82) is 0 Å². The average Bonchev–Trinajstić information content (AvgIpc) is 2.74. The van der Waals surface area contributed by atoms with Crippen molar-refractivity contribution in [3.63, 3.8) is 0 Å². The van der Waals surface area contributed by atoms with Gasteiger partial charge >= 0.3 is 0 Å². The lowest BCUT2D eigenvalue weighted by Gasteiger charge is -2.49. The van der Waals surface area contributed by atoms with E-state index < -0.39 is 11.4 Å². The maximum atomic E-state index is 14.1. The SMILES string of the molecule is C[C@H]1CN(C(=O)c2ccccc2F)CC2(CCN(CCc3ncccc3F)CC2)O1. The van der Waals surface area contributed by atoms with E-state index >= 15 is 0 Å². The van der Waals surface area contributed by atoms with Crippen LogP contribution in [0, 0.1) is 11.6 Å². The quantitative estimate of drug-likeness (QED) is 0.769. The van der Waals surface area contributed by atoms with Crippen molar-refractivity contribution in [2.45, 2.75) is 37.9 Å². The van der Waals surface area contributed by atoms with Gasteiger partial charge in [-0.25, -0.2) is 8.78 Å². The number of carbonyl (C=O) groups is 1. The summed E-state index contributed by atoms with van der Waals surface area (Å²) in [6.07, 6.45) is 3.63. The zero-order valence-corrected chi connectivity index (χ0v) is 17.2. The fraction of sp³-hybridized carbons (Fsp3) is 0.478. The minimum Gasteiger partial charge on any atom is -0.368 e. The summed E-state index contributed by atoms with van der Waals surface area (Å²) < 4.78 is 34.2. The highest BCUT2D eigenvalue weighted by Crippen LogP contribution is 2.33. The number of hydrogen-bond donors (Lipinski definition) is 0. The van der Waals surface area contributed by atoms with Crippen LogP contribution < -0.4 is 0 Å². The van der Waals surface area contributed by atoms with Crippen LogP contribution in [0.5, 0.6) is 0 Å². The van der Waals surface area contributed by atoms with Gasteiger partial charge in [-0.05, 0) is 44.0 Å². The van der Waals surface area contributed by atoms with E-state index in [0.717, 1.165) is 32.5 Å². The fourth-order valence-electron chi connectivity index (χ4n) is 4.51. The van der Waals surface area contributed by atoms with Gasteiger partial charge in [-0.1, -0.05) is 12.1 Å². The summed E-state index contributed by atoms with van der Waals surface area (Å²) in [6.45, 7) is 5.23. The van der Waals surface area contributed by atoms with E-state index in [1.54, 1.807) is 29.3 Å². The second-order valence-corrected chi connectivity index (χ2v) is 8.30. The van der Waals surface area contributed by atoms with Crippen molar-refractivity contribution < 1.29 is 18.3 Å². The Morgan fingerprint density at radius 1 is 1.17 bits per heavy atom. The van der Waals surface area contributed by atoms with Gasteiger partial charge in [0.25, 0.3) is 5.91 Å². The van der Waals surface area contributed by atoms with Gasteiger partial charge in [-0.3, -0.25) is 9.78 Å². The van der Waals surface area contributed by atoms with Gasteiger partial charge in [0.2, 0.25) is 0 Å². The molecule has 2 aliphatic rings. The Kier molecular flexibility index (Phi) is 6.11. The molecule has 0 N–H and O–H groups in total. The van der Waals surface area contributed by atoms with E-state index in [1.807, 2.05) is 6.92 Å². The Bertz CT molecular complexity index is 900. The second-order valence-electron chi connectivity index (χ2n) is 8.30. The van der Waals surface area contributed by atoms with E-state index in [4.69, 9.17) is 4.74 Å². The second kappa shape index (κ2) is 8.78. The highest BCUT2D eigenvalue weighted by Gasteiger charge is 2.43. The van der Waals surface area contributed by atoms with Crippen molar-refractivity contribution in [3.05, 3.63) is 65.5 Å². The minimum absolute atomic E-state index is 0.108. The number of piperidine rings is 1. The van der Waals surface area contributed by atoms with Gasteiger partial charge in [0.1, 0.15) is 11.6 Å². The number of ether oxygens (including phenoxy) is 1. The Morgan fingerprint density at radius 2 is 1.90 bits per heavy atom. The molecule has 7 heteroatoms. The summed E-state index contributed by atoms with van der Waals surface area (Å²) in [6, 6.07) is 9.14. The highest BCUT2D eigenvalue weighted by molar-refractivity contribution is 5.94. The van der Waals surface area contributed by atoms with E-state index in [1.165, 1.54) is 18.2 Å². The molecule has 1 amide bonds. The molecule has 3 heterocycles. The molecule has 0 radical (unpaired) electrons. The van der Waals surface area contributed by atoms with Crippen LogP contribution in [-0.2, 0) is 11.2 Å². The van der Waals surface area contributed by atoms with Crippen LogP contribution in [0.1, 0.15) is 35.8 Å². The molecular weight excluding hydrogens is 388 g/mol. The minimum atomic E-state index is -0.493. The van der Waals surface area contributed by atoms with Crippen molar-refractivity contribution in [3.8, 4) is 0 Å². The molecule has 0 unspecified atom stereocenters. The lowest BCUT2D eigenvalue weighted by Crippen LogP contribution is -2.60. The number of hydrogen-bond acceptors (Lipinski definition) is 4. The number of amides is 1. The number of morpholine rings is 1. The normalized spacial score (nSPS) is 21.7. The highest BCUT2D eigenvalue weighted by atomic mass is 19.1. The van der Waals surface area contributed by atoms with Crippen LogP contribution in [0.2, 0.25) is 0 Å². The zero-order valence-electron chi connectivity index (χ0n) is 17.2. The Hall–Kier alpha value is -2.38. The number of benzene rings is 1. The monoisotopic (exact) mass is 415 g/mol. The molecule has 0 saturated carbocycles. The van der Waals surface area contributed by atoms with Crippen LogP contribution in [0.15, 0.2) is 42.6 Å². The van der Waals surface area contributed by atoms with Crippen LogP contribution in [-0.4, -0.2) is 65.1 Å². The molecule has 2 aliphatic heterocycles. The summed E-state index contributed by atoms with van der Waals surface area (Å²) >= 11 is 0. The molecule has 0 bridgehead atoms. The van der Waals surface area contributed by atoms with E-state index in [9.17, 15) is 13.6 Å². The lowest BCUT2D eigenvalue weighted by atomic mass is 9.88. The fourth-order valence-corrected chi connectivity index (χ4v) is 4.51. The van der Waals surface area contributed by atoms with Gasteiger partial charge in [-0.2, -0.15) is 0 Å². The molecule has 30 heavy (non-hydrogen) atoms. The van der Waals surface area contributed by atoms with Crippen LogP contribution >= 0.6 is 0 Å². The molecule has 2 saturated heterocycles. The molecule has 160 valence electrons. The molecule has 1 spiro atoms. The molecule has 1 atom stereocenters. The largest absolute Gasteiger partial charge is 0.368 e. The van der Waals surface area contributed by atoms with Crippen LogP contribution in [0.25, 0.3) is 0 Å². The Morgan fingerprint density at radius 3 is 2.63 bits per heavy atom. The first-order chi connectivity index (χ1) is 14.5. The van der Waals surface area contributed by atoms with Crippen LogP contribution in [0.4, 0.5) is 8.78 Å². The van der Waals surface area contributed by atoms with Crippen LogP contribution in [0.3, 0.4) is 0 Å². The van der Waals surface area contributed by atoms with Gasteiger partial charge in [0.15, 0.2) is 0 Å². The van der Waals surface area contributed by atoms with Gasteiger partial charge < -0.3 is 14.5 Å². The summed E-state index contributed by atoms with van der Waals surface area (Å²) in [5, 5.41) is 0. The number of likely N-dealkylation sites (tertiary alicyclic amines) is 1. The van der Waals surface area contributed by atoms with E-state index in [2.05, 4.69) is 9.88 Å². The molecule has 2 aromatic rings. The number of aromatic nitrogens is 1. The molecule has 5 nitrogen and oxygen atoms in total. The van der Waals surface area contributed by atoms with Crippen molar-refractivity contribution in [1.82, 2.24) is 14.8 Å². The van der Waals surface area contributed by atoms with Gasteiger partial charge in [0.05, 0.1) is 29.5 Å². The van der Waals surface area contributed by atoms with E-state index in [-0.39, 0.29) is 23.4 Å². The Labute approximate surface area is 175 Å². The number of carbonyl (C=O) groups excluding carboxylic acids is 1. The molecular formula is C23H27F2N3O2. The smallest absolute Gasteiger partial charge is 0.257 e. The first-order valence-electron chi connectivity index (χ1n) is 10.5. The number of nitrogens with zero attached hydrogens (tertiary/aromatic N) is 3. The zero-order chi connectivity index (χ0) is 21.1. The predicted octanol–water partition coefficient (Wildman–Crippen LogP) is 3.30. The topological polar surface area (TPSA) is 45.7 Å². The van der Waals surface area contributed by atoms with Crippen molar-refractivity contribution in [2.75, 3.05) is 32.7 Å². The maximum Gasteiger partial charge on any atom is 0.257 e.